The highest BCUT2D eigenvalue weighted by Gasteiger charge is 2.33. The van der Waals surface area contributed by atoms with E-state index >= 15 is 0 Å². The lowest BCUT2D eigenvalue weighted by molar-refractivity contribution is -0.113. The molecule has 3 aromatic carbocycles. The zero-order valence-corrected chi connectivity index (χ0v) is 22.0. The number of thioether (sulfide) groups is 1. The number of hydrogen-bond acceptors (Lipinski definition) is 6. The molecule has 0 aliphatic carbocycles. The Morgan fingerprint density at radius 1 is 1.00 bits per heavy atom. The highest BCUT2D eigenvalue weighted by atomic mass is 32.3. The lowest BCUT2D eigenvalue weighted by atomic mass is 10.2. The monoisotopic (exact) mass is 533 g/mol. The van der Waals surface area contributed by atoms with Gasteiger partial charge in [-0.3, -0.25) is 9.36 Å². The summed E-state index contributed by atoms with van der Waals surface area (Å²) in [7, 11) is -3.58. The molecule has 1 aliphatic heterocycles. The first-order valence-electron chi connectivity index (χ1n) is 12.0. The van der Waals surface area contributed by atoms with E-state index in [2.05, 4.69) is 15.5 Å². The quantitative estimate of drug-likeness (QED) is 0.253. The minimum atomic E-state index is -3.58. The van der Waals surface area contributed by atoms with Crippen LogP contribution in [0, 0.1) is 6.92 Å². The SMILES string of the molecule is Cc1ccc(NC(=O)CSc2nnc(-c3cccc([S+](=O)([O-])N4CCCC4)c3)n2-c2ccccc2)cc1. The van der Waals surface area contributed by atoms with Crippen molar-refractivity contribution in [3.63, 3.8) is 0 Å². The van der Waals surface area contributed by atoms with Crippen LogP contribution in [0.2, 0.25) is 0 Å². The standard InChI is InChI=1S/C27H27N5O3S2/c1-20-12-14-22(15-13-20)28-25(33)19-36-27-30-29-26(32(27)23-9-3-2-4-10-23)21-8-7-11-24(18-21)37(34,35)31-16-5-6-17-31/h2-4,7-15,18H,5-6,16-17,19H2,1H3,(H-,28,33,34,35). The van der Waals surface area contributed by atoms with Crippen molar-refractivity contribution in [2.45, 2.75) is 29.8 Å². The number of carbonyl (C=O) groups excluding carboxylic acids is 1. The number of nitrogens with zero attached hydrogens (tertiary/aromatic N) is 4. The summed E-state index contributed by atoms with van der Waals surface area (Å²) < 4.78 is 29.7. The Hall–Kier alpha value is -3.31. The van der Waals surface area contributed by atoms with Crippen LogP contribution < -0.4 is 5.32 Å². The molecule has 1 fully saturated rings. The van der Waals surface area contributed by atoms with Gasteiger partial charge in [0.1, 0.15) is 0 Å². The van der Waals surface area contributed by atoms with Crippen LogP contribution in [0.3, 0.4) is 0 Å². The van der Waals surface area contributed by atoms with E-state index in [4.69, 9.17) is 0 Å². The van der Waals surface area contributed by atoms with Crippen LogP contribution in [-0.2, 0) is 19.4 Å². The highest BCUT2D eigenvalue weighted by Crippen LogP contribution is 2.32. The number of aryl methyl sites for hydroxylation is 1. The summed E-state index contributed by atoms with van der Waals surface area (Å²) in [6, 6.07) is 24.0. The van der Waals surface area contributed by atoms with Gasteiger partial charge in [0.2, 0.25) is 5.91 Å². The summed E-state index contributed by atoms with van der Waals surface area (Å²) in [5.41, 5.74) is 3.30. The van der Waals surface area contributed by atoms with E-state index in [0.717, 1.165) is 29.8 Å². The summed E-state index contributed by atoms with van der Waals surface area (Å²) >= 11 is 1.27. The second-order valence-corrected chi connectivity index (χ2v) is 11.7. The molecule has 2 heterocycles. The molecule has 0 saturated carbocycles. The molecule has 37 heavy (non-hydrogen) atoms. The summed E-state index contributed by atoms with van der Waals surface area (Å²) in [5, 5.41) is 12.2. The maximum Gasteiger partial charge on any atom is 0.234 e. The van der Waals surface area contributed by atoms with Crippen molar-refractivity contribution < 1.29 is 13.6 Å². The predicted octanol–water partition coefficient (Wildman–Crippen LogP) is 4.97. The molecule has 4 aromatic rings. The average molecular weight is 534 g/mol. The molecular formula is C27H27N5O3S2. The van der Waals surface area contributed by atoms with Gasteiger partial charge in [0.05, 0.1) is 5.75 Å². The van der Waals surface area contributed by atoms with Gasteiger partial charge in [0.15, 0.2) is 26.3 Å². The highest BCUT2D eigenvalue weighted by molar-refractivity contribution is 7.99. The Balaban J connectivity index is 1.43. The molecule has 1 unspecified atom stereocenters. The molecule has 1 atom stereocenters. The summed E-state index contributed by atoms with van der Waals surface area (Å²) in [6.07, 6.45) is 1.75. The number of benzene rings is 3. The molecule has 1 aliphatic rings. The summed E-state index contributed by atoms with van der Waals surface area (Å²) in [4.78, 5) is 12.9. The number of rotatable bonds is 8. The number of nitrogens with one attached hydrogen (secondary N) is 1. The van der Waals surface area contributed by atoms with E-state index in [0.29, 0.717) is 29.6 Å². The Morgan fingerprint density at radius 2 is 1.73 bits per heavy atom. The number of anilines is 1. The van der Waals surface area contributed by atoms with Crippen LogP contribution in [0.5, 0.6) is 0 Å². The number of sulfonamides is 1. The van der Waals surface area contributed by atoms with Gasteiger partial charge in [-0.05, 0) is 50.1 Å². The Morgan fingerprint density at radius 3 is 2.46 bits per heavy atom. The smallest absolute Gasteiger partial charge is 0.234 e. The first-order chi connectivity index (χ1) is 17.9. The fourth-order valence-corrected chi connectivity index (χ4v) is 6.51. The molecule has 10 heteroatoms. The molecule has 0 radical (unpaired) electrons. The minimum absolute atomic E-state index is 0.141. The third-order valence-electron chi connectivity index (χ3n) is 6.11. The predicted molar refractivity (Wildman–Crippen MR) is 145 cm³/mol. The van der Waals surface area contributed by atoms with E-state index in [1.54, 1.807) is 18.2 Å². The van der Waals surface area contributed by atoms with Gasteiger partial charge in [0.25, 0.3) is 0 Å². The molecule has 8 nitrogen and oxygen atoms in total. The Kier molecular flexibility index (Phi) is 7.52. The van der Waals surface area contributed by atoms with E-state index < -0.39 is 10.4 Å². The van der Waals surface area contributed by atoms with Gasteiger partial charge in [-0.15, -0.1) is 14.5 Å². The van der Waals surface area contributed by atoms with Crippen LogP contribution in [0.4, 0.5) is 5.69 Å². The molecule has 0 spiro atoms. The largest absolute Gasteiger partial charge is 0.593 e. The van der Waals surface area contributed by atoms with Gasteiger partial charge >= 0.3 is 0 Å². The van der Waals surface area contributed by atoms with Crippen molar-refractivity contribution in [3.8, 4) is 17.1 Å². The molecular weight excluding hydrogens is 506 g/mol. The van der Waals surface area contributed by atoms with E-state index in [1.165, 1.54) is 16.1 Å². The normalized spacial score (nSPS) is 15.4. The fraction of sp³-hybridized carbons (Fsp3) is 0.222. The van der Waals surface area contributed by atoms with Crippen LogP contribution in [-0.4, -0.2) is 48.4 Å². The number of amides is 1. The topological polar surface area (TPSA) is 103 Å². The maximum atomic E-state index is 13.2. The minimum Gasteiger partial charge on any atom is -0.593 e. The van der Waals surface area contributed by atoms with Gasteiger partial charge in [-0.2, -0.15) is 0 Å². The number of aromatic nitrogens is 3. The number of carbonyl (C=O) groups is 1. The van der Waals surface area contributed by atoms with Crippen molar-refractivity contribution in [3.05, 3.63) is 84.4 Å². The second kappa shape index (κ2) is 11.0. The van der Waals surface area contributed by atoms with Crippen LogP contribution in [0.25, 0.3) is 17.1 Å². The van der Waals surface area contributed by atoms with Crippen LogP contribution in [0.1, 0.15) is 18.4 Å². The van der Waals surface area contributed by atoms with Gasteiger partial charge < -0.3 is 9.87 Å². The third-order valence-corrected chi connectivity index (χ3v) is 8.93. The molecule has 1 N–H and O–H groups in total. The van der Waals surface area contributed by atoms with Crippen molar-refractivity contribution in [2.75, 3.05) is 24.2 Å². The number of para-hydroxylation sites is 1. The van der Waals surface area contributed by atoms with E-state index in [9.17, 15) is 13.6 Å². The summed E-state index contributed by atoms with van der Waals surface area (Å²) in [5.74, 6) is 0.491. The zero-order valence-electron chi connectivity index (χ0n) is 20.4. The molecule has 5 rings (SSSR count). The Bertz CT molecular complexity index is 1430. The van der Waals surface area contributed by atoms with E-state index in [1.807, 2.05) is 72.2 Å². The average Bonchev–Trinajstić information content (AvgIpc) is 3.61. The van der Waals surface area contributed by atoms with Crippen molar-refractivity contribution in [2.24, 2.45) is 0 Å². The number of hydrogen-bond donors (Lipinski definition) is 1. The van der Waals surface area contributed by atoms with Gasteiger partial charge in [0, 0.05) is 36.1 Å². The van der Waals surface area contributed by atoms with Crippen LogP contribution in [0.15, 0.2) is 88.9 Å². The first kappa shape index (κ1) is 25.3. The first-order valence-corrected chi connectivity index (χ1v) is 14.5. The molecule has 0 bridgehead atoms. The zero-order chi connectivity index (χ0) is 25.8. The molecule has 1 saturated heterocycles. The van der Waals surface area contributed by atoms with Crippen molar-refractivity contribution in [1.82, 2.24) is 19.1 Å². The molecule has 190 valence electrons. The Labute approximate surface area is 221 Å². The lowest BCUT2D eigenvalue weighted by Gasteiger charge is -2.23. The summed E-state index contributed by atoms with van der Waals surface area (Å²) in [6.45, 7) is 3.07. The van der Waals surface area contributed by atoms with Crippen molar-refractivity contribution >= 4 is 33.8 Å². The van der Waals surface area contributed by atoms with Crippen molar-refractivity contribution in [1.29, 1.82) is 0 Å². The van der Waals surface area contributed by atoms with Crippen LogP contribution >= 0.6 is 11.8 Å². The molecule has 1 aromatic heterocycles. The third kappa shape index (κ3) is 5.67. The van der Waals surface area contributed by atoms with Gasteiger partial charge in [-0.25, -0.2) is 0 Å². The molecule has 1 amide bonds. The fourth-order valence-electron chi connectivity index (χ4n) is 4.20. The van der Waals surface area contributed by atoms with E-state index in [-0.39, 0.29) is 16.6 Å². The van der Waals surface area contributed by atoms with Gasteiger partial charge in [-0.1, -0.05) is 64.0 Å². The lowest BCUT2D eigenvalue weighted by Crippen LogP contribution is -2.33. The maximum absolute atomic E-state index is 13.2. The second-order valence-electron chi connectivity index (χ2n) is 8.82.